The molecule has 1 saturated heterocycles. The van der Waals surface area contributed by atoms with E-state index in [0.717, 1.165) is 6.54 Å². The predicted octanol–water partition coefficient (Wildman–Crippen LogP) is 1.48. The first-order chi connectivity index (χ1) is 8.22. The van der Waals surface area contributed by atoms with Crippen molar-refractivity contribution >= 4 is 11.8 Å². The number of nitrogens with two attached hydrogens (primary N) is 1. The molecule has 2 unspecified atom stereocenters. The van der Waals surface area contributed by atoms with Crippen LogP contribution < -0.4 is 5.73 Å². The fraction of sp³-hybridized carbons (Fsp3) is 1.00. The number of rotatable bonds is 6. The van der Waals surface area contributed by atoms with Gasteiger partial charge in [-0.2, -0.15) is 11.8 Å². The van der Waals surface area contributed by atoms with E-state index in [-0.39, 0.29) is 0 Å². The number of hydrogen-bond donors (Lipinski definition) is 1. The quantitative estimate of drug-likeness (QED) is 0.783. The summed E-state index contributed by atoms with van der Waals surface area (Å²) < 4.78 is 0. The zero-order valence-electron chi connectivity index (χ0n) is 11.7. The lowest BCUT2D eigenvalue weighted by Gasteiger charge is -2.36. The zero-order valence-corrected chi connectivity index (χ0v) is 12.5. The van der Waals surface area contributed by atoms with Crippen molar-refractivity contribution in [2.45, 2.75) is 38.3 Å². The average molecular weight is 259 g/mol. The minimum absolute atomic E-state index is 0.582. The van der Waals surface area contributed by atoms with Crippen molar-refractivity contribution in [1.82, 2.24) is 9.80 Å². The van der Waals surface area contributed by atoms with Crippen molar-refractivity contribution in [3.8, 4) is 0 Å². The molecule has 0 aromatic heterocycles. The van der Waals surface area contributed by atoms with Crippen LogP contribution >= 0.6 is 11.8 Å². The molecule has 0 amide bonds. The molecule has 2 N–H and O–H groups in total. The van der Waals surface area contributed by atoms with Crippen molar-refractivity contribution in [2.24, 2.45) is 5.73 Å². The van der Waals surface area contributed by atoms with Gasteiger partial charge in [-0.15, -0.1) is 0 Å². The molecule has 1 fully saturated rings. The Hall–Kier alpha value is 0.230. The molecule has 1 aliphatic heterocycles. The molecular formula is C13H29N3S. The smallest absolute Gasteiger partial charge is 0.0229 e. The zero-order chi connectivity index (χ0) is 12.7. The van der Waals surface area contributed by atoms with E-state index in [1.54, 1.807) is 0 Å². The van der Waals surface area contributed by atoms with Crippen molar-refractivity contribution in [3.05, 3.63) is 0 Å². The maximum absolute atomic E-state index is 5.98. The molecule has 0 spiro atoms. The first-order valence-electron chi connectivity index (χ1n) is 6.86. The SMILES string of the molecule is CCC1CN(C)CCCN1C(CN)CCSC. The first kappa shape index (κ1) is 15.3. The molecule has 0 saturated carbocycles. The fourth-order valence-electron chi connectivity index (χ4n) is 2.78. The summed E-state index contributed by atoms with van der Waals surface area (Å²) in [5.41, 5.74) is 5.98. The van der Waals surface area contributed by atoms with E-state index in [0.29, 0.717) is 12.1 Å². The maximum Gasteiger partial charge on any atom is 0.0229 e. The Morgan fingerprint density at radius 1 is 1.41 bits per heavy atom. The Morgan fingerprint density at radius 3 is 2.76 bits per heavy atom. The number of thioether (sulfide) groups is 1. The van der Waals surface area contributed by atoms with Gasteiger partial charge in [0.25, 0.3) is 0 Å². The third-order valence-electron chi connectivity index (χ3n) is 3.82. The highest BCUT2D eigenvalue weighted by atomic mass is 32.2. The van der Waals surface area contributed by atoms with Gasteiger partial charge in [0, 0.05) is 31.7 Å². The Balaban J connectivity index is 2.61. The van der Waals surface area contributed by atoms with Gasteiger partial charge in [0.2, 0.25) is 0 Å². The summed E-state index contributed by atoms with van der Waals surface area (Å²) in [6, 6.07) is 1.27. The molecule has 0 aromatic carbocycles. The predicted molar refractivity (Wildman–Crippen MR) is 78.7 cm³/mol. The van der Waals surface area contributed by atoms with Crippen LogP contribution in [0.4, 0.5) is 0 Å². The molecule has 102 valence electrons. The summed E-state index contributed by atoms with van der Waals surface area (Å²) in [5.74, 6) is 1.23. The second-order valence-electron chi connectivity index (χ2n) is 5.09. The molecule has 17 heavy (non-hydrogen) atoms. The topological polar surface area (TPSA) is 32.5 Å². The standard InChI is InChI=1S/C13H29N3S/c1-4-12-11-15(2)7-5-8-16(12)13(10-14)6-9-17-3/h12-13H,4-11,14H2,1-3H3. The van der Waals surface area contributed by atoms with E-state index in [4.69, 9.17) is 5.73 Å². The van der Waals surface area contributed by atoms with E-state index in [2.05, 4.69) is 30.0 Å². The summed E-state index contributed by atoms with van der Waals surface area (Å²) in [6.07, 6.45) is 5.93. The molecular weight excluding hydrogens is 230 g/mol. The van der Waals surface area contributed by atoms with Gasteiger partial charge in [-0.1, -0.05) is 6.92 Å². The lowest BCUT2D eigenvalue weighted by atomic mass is 10.1. The van der Waals surface area contributed by atoms with Crippen molar-refractivity contribution < 1.29 is 0 Å². The van der Waals surface area contributed by atoms with Gasteiger partial charge in [-0.25, -0.2) is 0 Å². The van der Waals surface area contributed by atoms with E-state index < -0.39 is 0 Å². The van der Waals surface area contributed by atoms with Gasteiger partial charge in [0.1, 0.15) is 0 Å². The van der Waals surface area contributed by atoms with Crippen molar-refractivity contribution in [3.63, 3.8) is 0 Å². The minimum Gasteiger partial charge on any atom is -0.329 e. The Labute approximate surface area is 111 Å². The van der Waals surface area contributed by atoms with Crippen LogP contribution in [0, 0.1) is 0 Å². The van der Waals surface area contributed by atoms with Crippen LogP contribution in [-0.4, -0.2) is 67.1 Å². The van der Waals surface area contributed by atoms with Crippen molar-refractivity contribution in [2.75, 3.05) is 45.2 Å². The van der Waals surface area contributed by atoms with Gasteiger partial charge in [-0.05, 0) is 44.9 Å². The molecule has 0 aromatic rings. The monoisotopic (exact) mass is 259 g/mol. The van der Waals surface area contributed by atoms with E-state index in [1.807, 2.05) is 11.8 Å². The van der Waals surface area contributed by atoms with Crippen molar-refractivity contribution in [1.29, 1.82) is 0 Å². The van der Waals surface area contributed by atoms with E-state index >= 15 is 0 Å². The minimum atomic E-state index is 0.582. The summed E-state index contributed by atoms with van der Waals surface area (Å²) in [5, 5.41) is 0. The highest BCUT2D eigenvalue weighted by Gasteiger charge is 2.26. The number of likely N-dealkylation sites (N-methyl/N-ethyl adjacent to an activating group) is 1. The maximum atomic E-state index is 5.98. The van der Waals surface area contributed by atoms with Crippen LogP contribution in [-0.2, 0) is 0 Å². The van der Waals surface area contributed by atoms with E-state index in [1.165, 1.54) is 44.6 Å². The van der Waals surface area contributed by atoms with E-state index in [9.17, 15) is 0 Å². The summed E-state index contributed by atoms with van der Waals surface area (Å²) in [6.45, 7) is 6.76. The Bertz CT molecular complexity index is 201. The molecule has 1 heterocycles. The largest absolute Gasteiger partial charge is 0.329 e. The number of nitrogens with zero attached hydrogens (tertiary/aromatic N) is 2. The summed E-state index contributed by atoms with van der Waals surface area (Å²) in [4.78, 5) is 5.15. The second kappa shape index (κ2) is 8.35. The van der Waals surface area contributed by atoms with Crippen LogP contribution in [0.25, 0.3) is 0 Å². The summed E-state index contributed by atoms with van der Waals surface area (Å²) >= 11 is 1.93. The number of hydrogen-bond acceptors (Lipinski definition) is 4. The van der Waals surface area contributed by atoms with Gasteiger partial charge >= 0.3 is 0 Å². The molecule has 0 aliphatic carbocycles. The van der Waals surface area contributed by atoms with Gasteiger partial charge < -0.3 is 10.6 Å². The molecule has 3 nitrogen and oxygen atoms in total. The third kappa shape index (κ3) is 4.78. The first-order valence-corrected chi connectivity index (χ1v) is 8.25. The van der Waals surface area contributed by atoms with Crippen LogP contribution in [0.5, 0.6) is 0 Å². The highest BCUT2D eigenvalue weighted by molar-refractivity contribution is 7.98. The van der Waals surface area contributed by atoms with Crippen LogP contribution in [0.3, 0.4) is 0 Å². The van der Waals surface area contributed by atoms with Crippen LogP contribution in [0.1, 0.15) is 26.2 Å². The van der Waals surface area contributed by atoms with Gasteiger partial charge in [0.05, 0.1) is 0 Å². The molecule has 1 rings (SSSR count). The van der Waals surface area contributed by atoms with Gasteiger partial charge in [-0.3, -0.25) is 4.90 Å². The average Bonchev–Trinajstić information content (AvgIpc) is 2.52. The van der Waals surface area contributed by atoms with Crippen LogP contribution in [0.15, 0.2) is 0 Å². The third-order valence-corrected chi connectivity index (χ3v) is 4.46. The molecule has 2 atom stereocenters. The Kier molecular flexibility index (Phi) is 7.51. The molecule has 1 aliphatic rings. The molecule has 4 heteroatoms. The molecule has 0 bridgehead atoms. The fourth-order valence-corrected chi connectivity index (χ4v) is 3.29. The lowest BCUT2D eigenvalue weighted by molar-refractivity contribution is 0.128. The summed E-state index contributed by atoms with van der Waals surface area (Å²) in [7, 11) is 2.24. The molecule has 0 radical (unpaired) electrons. The second-order valence-corrected chi connectivity index (χ2v) is 6.07. The normalized spacial score (nSPS) is 25.8. The lowest BCUT2D eigenvalue weighted by Crippen LogP contribution is -2.49. The van der Waals surface area contributed by atoms with Gasteiger partial charge in [0.15, 0.2) is 0 Å². The Morgan fingerprint density at radius 2 is 2.18 bits per heavy atom. The van der Waals surface area contributed by atoms with Crippen LogP contribution in [0.2, 0.25) is 0 Å². The highest BCUT2D eigenvalue weighted by Crippen LogP contribution is 2.17.